The molecule has 3 aliphatic heterocycles. The molecule has 0 unspecified atom stereocenters. The summed E-state index contributed by atoms with van der Waals surface area (Å²) in [5, 5.41) is 17.7. The van der Waals surface area contributed by atoms with Gasteiger partial charge in [-0.2, -0.15) is 5.26 Å². The number of rotatable bonds is 12. The summed E-state index contributed by atoms with van der Waals surface area (Å²) in [6, 6.07) is 14.1. The quantitative estimate of drug-likeness (QED) is 0.0976. The first-order valence-electron chi connectivity index (χ1n) is 22.3. The van der Waals surface area contributed by atoms with Gasteiger partial charge in [-0.3, -0.25) is 9.59 Å². The van der Waals surface area contributed by atoms with Gasteiger partial charge in [-0.1, -0.05) is 52.3 Å². The number of ether oxygens (including phenoxy) is 4. The standard InChI is InChI=1S/C48H57N9O8/c1-9-25(4)40(55-48(61)64-8)45(58)56-21-27(22-62-6)16-37(56)44-51-35(20-49)41(52-44)29-11-13-31-30(17-29)23-65-38-19-32-28(18-33(31)38)12-14-34-42(32)53-43(50-34)36-15-10-26(5)57(36)46(59)39(24(2)3)54-47(60)63-7/h11-14,17-19,24-27,36-37,39-40H,9-10,15-16,21-23H2,1-8H3,(H,50,53)(H,51,52)(H,54,60)(H,55,61)/t25-,26-,27-,36-,37-,39-,40-/m0/s1. The number of alkyl carbamates (subject to hydrolysis) is 2. The Morgan fingerprint density at radius 3 is 2.34 bits per heavy atom. The van der Waals surface area contributed by atoms with E-state index in [-0.39, 0.29) is 54.0 Å². The van der Waals surface area contributed by atoms with Crippen LogP contribution in [0.1, 0.15) is 95.3 Å². The number of hydrogen-bond acceptors (Lipinski definition) is 11. The molecular formula is C48H57N9O8. The number of nitrogens with zero attached hydrogens (tertiary/aromatic N) is 5. The summed E-state index contributed by atoms with van der Waals surface area (Å²) < 4.78 is 21.6. The van der Waals surface area contributed by atoms with Gasteiger partial charge in [0.1, 0.15) is 42.2 Å². The molecular weight excluding hydrogens is 831 g/mol. The number of aromatic nitrogens is 4. The van der Waals surface area contributed by atoms with Gasteiger partial charge in [0.05, 0.1) is 49.6 Å². The Balaban J connectivity index is 1.08. The van der Waals surface area contributed by atoms with Crippen LogP contribution in [-0.2, 0) is 30.4 Å². The summed E-state index contributed by atoms with van der Waals surface area (Å²) in [7, 11) is 4.18. The van der Waals surface area contributed by atoms with Crippen LogP contribution in [0.25, 0.3) is 44.2 Å². The fourth-order valence-corrected chi connectivity index (χ4v) is 9.77. The van der Waals surface area contributed by atoms with E-state index in [4.69, 9.17) is 28.9 Å². The smallest absolute Gasteiger partial charge is 0.407 e. The lowest BCUT2D eigenvalue weighted by molar-refractivity contribution is -0.137. The number of H-pyrrole nitrogens is 2. The molecule has 2 saturated heterocycles. The van der Waals surface area contributed by atoms with Gasteiger partial charge in [0.2, 0.25) is 11.8 Å². The summed E-state index contributed by atoms with van der Waals surface area (Å²) in [6.07, 6.45) is 1.41. The molecule has 0 bridgehead atoms. The number of nitriles is 1. The average molecular weight is 888 g/mol. The first-order chi connectivity index (χ1) is 31.3. The Hall–Kier alpha value is -6.67. The van der Waals surface area contributed by atoms with E-state index in [1.54, 1.807) is 12.0 Å². The molecule has 4 N–H and O–H groups in total. The van der Waals surface area contributed by atoms with Crippen LogP contribution in [0, 0.1) is 29.1 Å². The Morgan fingerprint density at radius 1 is 0.908 bits per heavy atom. The largest absolute Gasteiger partial charge is 0.488 e. The van der Waals surface area contributed by atoms with Crippen LogP contribution in [0.2, 0.25) is 0 Å². The van der Waals surface area contributed by atoms with Crippen LogP contribution < -0.4 is 15.4 Å². The number of amides is 4. The number of nitrogens with one attached hydrogen (secondary N) is 4. The highest BCUT2D eigenvalue weighted by molar-refractivity contribution is 6.07. The molecule has 2 fully saturated rings. The van der Waals surface area contributed by atoms with E-state index >= 15 is 0 Å². The number of benzene rings is 3. The molecule has 342 valence electrons. The maximum Gasteiger partial charge on any atom is 0.407 e. The monoisotopic (exact) mass is 887 g/mol. The maximum atomic E-state index is 14.2. The predicted octanol–water partition coefficient (Wildman–Crippen LogP) is 7.28. The van der Waals surface area contributed by atoms with Crippen LogP contribution in [0.4, 0.5) is 9.59 Å². The summed E-state index contributed by atoms with van der Waals surface area (Å²) in [6.45, 7) is 10.8. The number of hydrogen-bond donors (Lipinski definition) is 4. The Kier molecular flexibility index (Phi) is 12.7. The second-order valence-corrected chi connectivity index (χ2v) is 17.9. The third-order valence-electron chi connectivity index (χ3n) is 13.4. The molecule has 65 heavy (non-hydrogen) atoms. The van der Waals surface area contributed by atoms with Gasteiger partial charge in [-0.25, -0.2) is 19.6 Å². The van der Waals surface area contributed by atoms with Gasteiger partial charge in [0, 0.05) is 42.1 Å². The summed E-state index contributed by atoms with van der Waals surface area (Å²) in [4.78, 5) is 73.1. The maximum absolute atomic E-state index is 14.2. The molecule has 17 nitrogen and oxygen atoms in total. The summed E-state index contributed by atoms with van der Waals surface area (Å²) >= 11 is 0. The molecule has 0 radical (unpaired) electrons. The number of carbonyl (C=O) groups excluding carboxylic acids is 4. The van der Waals surface area contributed by atoms with Crippen molar-refractivity contribution in [3.05, 3.63) is 65.4 Å². The molecule has 0 saturated carbocycles. The average Bonchev–Trinajstić information content (AvgIpc) is 4.13. The van der Waals surface area contributed by atoms with Crippen LogP contribution in [0.15, 0.2) is 42.5 Å². The minimum absolute atomic E-state index is 0.0185. The van der Waals surface area contributed by atoms with E-state index in [0.29, 0.717) is 49.1 Å². The van der Waals surface area contributed by atoms with E-state index in [1.807, 2.05) is 75.9 Å². The van der Waals surface area contributed by atoms with Gasteiger partial charge < -0.3 is 49.3 Å². The Bertz CT molecular complexity index is 2690. The van der Waals surface area contributed by atoms with E-state index < -0.39 is 30.3 Å². The van der Waals surface area contributed by atoms with Crippen molar-refractivity contribution in [1.29, 1.82) is 5.26 Å². The van der Waals surface area contributed by atoms with Crippen molar-refractivity contribution in [2.75, 3.05) is 34.5 Å². The summed E-state index contributed by atoms with van der Waals surface area (Å²) in [5.74, 6) is 1.17. The zero-order chi connectivity index (χ0) is 46.3. The number of likely N-dealkylation sites (tertiary alicyclic amines) is 2. The fourth-order valence-electron chi connectivity index (χ4n) is 9.77. The number of fused-ring (bicyclic) bond motifs is 6. The van der Waals surface area contributed by atoms with Crippen LogP contribution in [0.5, 0.6) is 5.75 Å². The molecule has 3 aliphatic rings. The second kappa shape index (κ2) is 18.4. The SMILES string of the molecule is CC[C@H](C)[C@H](NC(=O)OC)C(=O)N1C[C@@H](COC)C[C@H]1c1nc(C#N)c(-c2ccc3c(c2)COc2cc4c(ccc5[nH]c([C@@H]6CC[C@H](C)N6C(=O)[C@@H](NC(=O)OC)C(C)C)nc54)cc2-3)[nH]1. The highest BCUT2D eigenvalue weighted by atomic mass is 16.5. The first kappa shape index (κ1) is 44.9. The third-order valence-corrected chi connectivity index (χ3v) is 13.4. The Morgan fingerprint density at radius 2 is 1.65 bits per heavy atom. The highest BCUT2D eigenvalue weighted by Crippen LogP contribution is 2.44. The minimum Gasteiger partial charge on any atom is -0.488 e. The molecule has 8 rings (SSSR count). The van der Waals surface area contributed by atoms with Crippen molar-refractivity contribution in [2.45, 2.75) is 97.1 Å². The second-order valence-electron chi connectivity index (χ2n) is 17.9. The summed E-state index contributed by atoms with van der Waals surface area (Å²) in [5.41, 5.74) is 5.96. The lowest BCUT2D eigenvalue weighted by Gasteiger charge is -2.32. The van der Waals surface area contributed by atoms with Crippen molar-refractivity contribution in [3.8, 4) is 34.2 Å². The van der Waals surface area contributed by atoms with E-state index in [0.717, 1.165) is 56.9 Å². The van der Waals surface area contributed by atoms with Gasteiger partial charge in [0.25, 0.3) is 0 Å². The fraction of sp³-hybridized carbons (Fsp3) is 0.479. The zero-order valence-corrected chi connectivity index (χ0v) is 38.1. The normalized spacial score (nSPS) is 20.4. The van der Waals surface area contributed by atoms with Crippen LogP contribution in [0.3, 0.4) is 0 Å². The molecule has 5 heterocycles. The molecule has 5 aromatic rings. The third kappa shape index (κ3) is 8.43. The topological polar surface area (TPSA) is 217 Å². The number of imidazole rings is 2. The lowest BCUT2D eigenvalue weighted by atomic mass is 9.92. The predicted molar refractivity (Wildman–Crippen MR) is 241 cm³/mol. The van der Waals surface area contributed by atoms with Crippen LogP contribution >= 0.6 is 0 Å². The Labute approximate surface area is 377 Å². The molecule has 2 aromatic heterocycles. The molecule has 3 aromatic carbocycles. The van der Waals surface area contributed by atoms with Crippen molar-refractivity contribution in [3.63, 3.8) is 0 Å². The van der Waals surface area contributed by atoms with Crippen molar-refractivity contribution in [1.82, 2.24) is 40.4 Å². The lowest BCUT2D eigenvalue weighted by Crippen LogP contribution is -2.52. The van der Waals surface area contributed by atoms with E-state index in [1.165, 1.54) is 14.2 Å². The van der Waals surface area contributed by atoms with Crippen LogP contribution in [-0.4, -0.2) is 106 Å². The van der Waals surface area contributed by atoms with Gasteiger partial charge >= 0.3 is 12.2 Å². The molecule has 17 heteroatoms. The molecule has 4 amide bonds. The van der Waals surface area contributed by atoms with Crippen molar-refractivity contribution < 1.29 is 38.1 Å². The molecule has 0 aliphatic carbocycles. The number of aromatic amines is 2. The number of methoxy groups -OCH3 is 3. The van der Waals surface area contributed by atoms with E-state index in [2.05, 4.69) is 32.7 Å². The first-order valence-corrected chi connectivity index (χ1v) is 22.3. The van der Waals surface area contributed by atoms with Crippen molar-refractivity contribution >= 4 is 45.8 Å². The van der Waals surface area contributed by atoms with Gasteiger partial charge in [-0.15, -0.1) is 0 Å². The minimum atomic E-state index is -0.810. The van der Waals surface area contributed by atoms with Crippen molar-refractivity contribution in [2.24, 2.45) is 17.8 Å². The highest BCUT2D eigenvalue weighted by Gasteiger charge is 2.43. The zero-order valence-electron chi connectivity index (χ0n) is 38.1. The van der Waals surface area contributed by atoms with Gasteiger partial charge in [-0.05, 0) is 78.8 Å². The molecule has 7 atom stereocenters. The number of carbonyl (C=O) groups is 4. The van der Waals surface area contributed by atoms with Gasteiger partial charge in [0.15, 0.2) is 5.69 Å². The molecule has 0 spiro atoms. The van der Waals surface area contributed by atoms with E-state index in [9.17, 15) is 24.4 Å².